The van der Waals surface area contributed by atoms with Crippen molar-refractivity contribution >= 4 is 5.97 Å². The van der Waals surface area contributed by atoms with E-state index in [4.69, 9.17) is 15.3 Å². The molecule has 0 aliphatic carbocycles. The van der Waals surface area contributed by atoms with E-state index in [0.29, 0.717) is 12.3 Å². The third kappa shape index (κ3) is 2.59. The van der Waals surface area contributed by atoms with E-state index in [2.05, 4.69) is 11.8 Å². The first-order valence-corrected chi connectivity index (χ1v) is 5.33. The maximum absolute atomic E-state index is 10.7. The van der Waals surface area contributed by atoms with Crippen LogP contribution in [-0.2, 0) is 0 Å². The first-order valence-electron chi connectivity index (χ1n) is 5.33. The molecule has 4 nitrogen and oxygen atoms in total. The molecule has 0 unspecified atom stereocenters. The molecular formula is C14H11NO3. The van der Waals surface area contributed by atoms with Gasteiger partial charge < -0.3 is 15.3 Å². The molecule has 4 heteroatoms. The molecule has 0 saturated heterocycles. The zero-order valence-corrected chi connectivity index (χ0v) is 9.51. The maximum atomic E-state index is 10.7. The number of carbonyl (C=O) groups is 1. The lowest BCUT2D eigenvalue weighted by Crippen LogP contribution is -1.93. The second kappa shape index (κ2) is 5.21. The lowest BCUT2D eigenvalue weighted by atomic mass is 10.1. The highest BCUT2D eigenvalue weighted by Gasteiger charge is 2.09. The first-order chi connectivity index (χ1) is 8.70. The Morgan fingerprint density at radius 2 is 1.94 bits per heavy atom. The molecule has 1 aromatic heterocycles. The van der Waals surface area contributed by atoms with Crippen LogP contribution in [0, 0.1) is 11.8 Å². The highest BCUT2D eigenvalue weighted by Crippen LogP contribution is 2.22. The molecule has 0 aliphatic heterocycles. The number of hydrogen-bond acceptors (Lipinski definition) is 3. The molecule has 2 rings (SSSR count). The van der Waals surface area contributed by atoms with Crippen molar-refractivity contribution in [3.05, 3.63) is 47.7 Å². The number of carboxylic acids is 1. The average molecular weight is 241 g/mol. The monoisotopic (exact) mass is 241 g/mol. The minimum atomic E-state index is -1.08. The van der Waals surface area contributed by atoms with Crippen molar-refractivity contribution in [3.8, 4) is 23.2 Å². The minimum absolute atomic E-state index is 0.0722. The summed E-state index contributed by atoms with van der Waals surface area (Å²) in [6, 6.07) is 10.4. The first kappa shape index (κ1) is 12.0. The summed E-state index contributed by atoms with van der Waals surface area (Å²) in [5.41, 5.74) is 6.95. The Balaban J connectivity index is 2.25. The molecule has 1 aromatic carbocycles. The number of carboxylic acid groups (broad SMARTS) is 1. The van der Waals surface area contributed by atoms with Gasteiger partial charge in [-0.15, -0.1) is 0 Å². The van der Waals surface area contributed by atoms with Crippen molar-refractivity contribution in [1.29, 1.82) is 0 Å². The van der Waals surface area contributed by atoms with E-state index in [0.717, 1.165) is 11.1 Å². The fourth-order valence-electron chi connectivity index (χ4n) is 1.48. The van der Waals surface area contributed by atoms with E-state index in [9.17, 15) is 4.79 Å². The quantitative estimate of drug-likeness (QED) is 0.788. The number of furan rings is 1. The normalized spacial score (nSPS) is 9.61. The van der Waals surface area contributed by atoms with Gasteiger partial charge in [-0.05, 0) is 24.3 Å². The van der Waals surface area contributed by atoms with E-state index in [-0.39, 0.29) is 5.76 Å². The van der Waals surface area contributed by atoms with E-state index in [1.165, 1.54) is 6.07 Å². The molecule has 0 saturated carbocycles. The molecule has 0 spiro atoms. The predicted molar refractivity (Wildman–Crippen MR) is 67.0 cm³/mol. The Kier molecular flexibility index (Phi) is 3.46. The molecule has 0 fully saturated rings. The number of nitrogens with two attached hydrogens (primary N) is 1. The van der Waals surface area contributed by atoms with Crippen LogP contribution in [0.1, 0.15) is 16.1 Å². The van der Waals surface area contributed by atoms with Gasteiger partial charge in [0.15, 0.2) is 0 Å². The molecular weight excluding hydrogens is 230 g/mol. The highest BCUT2D eigenvalue weighted by molar-refractivity contribution is 5.85. The Hall–Kier alpha value is -2.51. The second-order valence-corrected chi connectivity index (χ2v) is 3.55. The minimum Gasteiger partial charge on any atom is -0.475 e. The van der Waals surface area contributed by atoms with Crippen LogP contribution in [0.3, 0.4) is 0 Å². The molecule has 1 heterocycles. The Morgan fingerprint density at radius 1 is 1.22 bits per heavy atom. The van der Waals surface area contributed by atoms with Gasteiger partial charge >= 0.3 is 5.97 Å². The van der Waals surface area contributed by atoms with Crippen LogP contribution < -0.4 is 5.73 Å². The largest absolute Gasteiger partial charge is 0.475 e. The summed E-state index contributed by atoms with van der Waals surface area (Å²) in [5.74, 6) is 5.04. The smallest absolute Gasteiger partial charge is 0.371 e. The van der Waals surface area contributed by atoms with Crippen molar-refractivity contribution in [3.63, 3.8) is 0 Å². The van der Waals surface area contributed by atoms with Crippen molar-refractivity contribution in [2.24, 2.45) is 5.73 Å². The van der Waals surface area contributed by atoms with Gasteiger partial charge in [0, 0.05) is 11.1 Å². The molecule has 0 amide bonds. The van der Waals surface area contributed by atoms with Crippen LogP contribution in [0.2, 0.25) is 0 Å². The van der Waals surface area contributed by atoms with Gasteiger partial charge in [0.1, 0.15) is 5.76 Å². The van der Waals surface area contributed by atoms with Crippen LogP contribution in [0.5, 0.6) is 0 Å². The molecule has 0 atom stereocenters. The van der Waals surface area contributed by atoms with E-state index < -0.39 is 5.97 Å². The standard InChI is InChI=1S/C14H11NO3/c15-9-1-2-10-3-5-11(6-4-10)12-7-8-13(18-12)14(16)17/h3-8H,9,15H2,(H,16,17). The highest BCUT2D eigenvalue weighted by atomic mass is 16.4. The van der Waals surface area contributed by atoms with Crippen molar-refractivity contribution < 1.29 is 14.3 Å². The van der Waals surface area contributed by atoms with Crippen LogP contribution >= 0.6 is 0 Å². The van der Waals surface area contributed by atoms with Gasteiger partial charge in [0.2, 0.25) is 5.76 Å². The summed E-state index contributed by atoms with van der Waals surface area (Å²) in [7, 11) is 0. The van der Waals surface area contributed by atoms with Crippen molar-refractivity contribution in [1.82, 2.24) is 0 Å². The predicted octanol–water partition coefficient (Wildman–Crippen LogP) is 1.96. The summed E-state index contributed by atoms with van der Waals surface area (Å²) >= 11 is 0. The second-order valence-electron chi connectivity index (χ2n) is 3.55. The van der Waals surface area contributed by atoms with Crippen molar-refractivity contribution in [2.75, 3.05) is 6.54 Å². The van der Waals surface area contributed by atoms with Gasteiger partial charge in [-0.3, -0.25) is 0 Å². The summed E-state index contributed by atoms with van der Waals surface area (Å²) in [4.78, 5) is 10.7. The van der Waals surface area contributed by atoms with Crippen LogP contribution in [0.4, 0.5) is 0 Å². The van der Waals surface area contributed by atoms with Gasteiger partial charge in [0.25, 0.3) is 0 Å². The SMILES string of the molecule is NCC#Cc1ccc(-c2ccc(C(=O)O)o2)cc1. The molecule has 3 N–H and O–H groups in total. The van der Waals surface area contributed by atoms with Gasteiger partial charge in [0.05, 0.1) is 6.54 Å². The number of rotatable bonds is 2. The number of benzene rings is 1. The summed E-state index contributed by atoms with van der Waals surface area (Å²) < 4.78 is 5.20. The molecule has 0 bridgehead atoms. The Morgan fingerprint density at radius 3 is 2.50 bits per heavy atom. The fourth-order valence-corrected chi connectivity index (χ4v) is 1.48. The van der Waals surface area contributed by atoms with E-state index in [1.54, 1.807) is 6.07 Å². The van der Waals surface area contributed by atoms with Gasteiger partial charge in [-0.25, -0.2) is 4.79 Å². The lowest BCUT2D eigenvalue weighted by molar-refractivity contribution is 0.0663. The van der Waals surface area contributed by atoms with Crippen LogP contribution in [0.15, 0.2) is 40.8 Å². The summed E-state index contributed by atoms with van der Waals surface area (Å²) in [5, 5.41) is 8.76. The molecule has 90 valence electrons. The van der Waals surface area contributed by atoms with E-state index >= 15 is 0 Å². The zero-order valence-electron chi connectivity index (χ0n) is 9.51. The van der Waals surface area contributed by atoms with E-state index in [1.807, 2.05) is 24.3 Å². The number of hydrogen-bond donors (Lipinski definition) is 2. The molecule has 0 aliphatic rings. The number of aromatic carboxylic acids is 1. The topological polar surface area (TPSA) is 76.5 Å². The Labute approximate surface area is 104 Å². The van der Waals surface area contributed by atoms with Gasteiger partial charge in [-0.2, -0.15) is 0 Å². The molecule has 2 aromatic rings. The zero-order chi connectivity index (χ0) is 13.0. The third-order valence-corrected chi connectivity index (χ3v) is 2.32. The van der Waals surface area contributed by atoms with Crippen LogP contribution in [0.25, 0.3) is 11.3 Å². The maximum Gasteiger partial charge on any atom is 0.371 e. The fraction of sp³-hybridized carbons (Fsp3) is 0.0714. The lowest BCUT2D eigenvalue weighted by Gasteiger charge is -1.97. The summed E-state index contributed by atoms with van der Waals surface area (Å²) in [6.45, 7) is 0.321. The van der Waals surface area contributed by atoms with Crippen LogP contribution in [-0.4, -0.2) is 17.6 Å². The summed E-state index contributed by atoms with van der Waals surface area (Å²) in [6.07, 6.45) is 0. The Bertz CT molecular complexity index is 614. The van der Waals surface area contributed by atoms with Gasteiger partial charge in [-0.1, -0.05) is 24.0 Å². The molecule has 18 heavy (non-hydrogen) atoms. The van der Waals surface area contributed by atoms with Crippen molar-refractivity contribution in [2.45, 2.75) is 0 Å². The average Bonchev–Trinajstić information content (AvgIpc) is 2.87. The third-order valence-electron chi connectivity index (χ3n) is 2.32. The molecule has 0 radical (unpaired) electrons.